The molecule has 2 rings (SSSR count). The molecule has 1 saturated carbocycles. The molecule has 1 aliphatic rings. The molecule has 1 amide bonds. The average Bonchev–Trinajstić information content (AvgIpc) is 3.20. The number of rotatable bonds is 7. The molecule has 4 nitrogen and oxygen atoms in total. The van der Waals surface area contributed by atoms with Crippen LogP contribution in [0.3, 0.4) is 0 Å². The van der Waals surface area contributed by atoms with Gasteiger partial charge in [-0.25, -0.2) is 0 Å². The van der Waals surface area contributed by atoms with Gasteiger partial charge in [-0.15, -0.1) is 12.4 Å². The van der Waals surface area contributed by atoms with E-state index in [0.29, 0.717) is 13.1 Å². The Hall–Kier alpha value is -0.780. The van der Waals surface area contributed by atoms with Crippen molar-refractivity contribution in [3.63, 3.8) is 0 Å². The first kappa shape index (κ1) is 17.3. The zero-order valence-electron chi connectivity index (χ0n) is 11.4. The second-order valence-corrected chi connectivity index (χ2v) is 5.67. The van der Waals surface area contributed by atoms with Crippen LogP contribution in [0.1, 0.15) is 18.4 Å². The Kier molecular flexibility index (Phi) is 7.34. The monoisotopic (exact) mass is 362 g/mol. The molecular weight excluding hydrogens is 344 g/mol. The van der Waals surface area contributed by atoms with Crippen LogP contribution in [0.15, 0.2) is 22.7 Å². The van der Waals surface area contributed by atoms with Gasteiger partial charge in [0.25, 0.3) is 0 Å². The fourth-order valence-electron chi connectivity index (χ4n) is 1.79. The minimum absolute atomic E-state index is 0. The van der Waals surface area contributed by atoms with Gasteiger partial charge in [0.1, 0.15) is 5.75 Å². The molecule has 0 bridgehead atoms. The van der Waals surface area contributed by atoms with E-state index < -0.39 is 0 Å². The highest BCUT2D eigenvalue weighted by atomic mass is 79.9. The first-order chi connectivity index (χ1) is 9.19. The van der Waals surface area contributed by atoms with Crippen LogP contribution in [0, 0.1) is 5.92 Å². The topological polar surface area (TPSA) is 50.4 Å². The molecule has 0 aromatic heterocycles. The minimum atomic E-state index is 0. The predicted octanol–water partition coefficient (Wildman–Crippen LogP) is 2.50. The quantitative estimate of drug-likeness (QED) is 0.782. The fraction of sp³-hybridized carbons (Fsp3) is 0.500. The molecule has 1 aliphatic carbocycles. The zero-order valence-corrected chi connectivity index (χ0v) is 13.9. The number of ether oxygens (including phenoxy) is 1. The predicted molar refractivity (Wildman–Crippen MR) is 85.4 cm³/mol. The lowest BCUT2D eigenvalue weighted by Crippen LogP contribution is -2.34. The molecule has 0 unspecified atom stereocenters. The SMILES string of the molecule is COc1ccc(CNC(=O)CNCC2CC2)cc1Br.Cl. The summed E-state index contributed by atoms with van der Waals surface area (Å²) < 4.78 is 6.06. The average molecular weight is 364 g/mol. The maximum Gasteiger partial charge on any atom is 0.234 e. The third-order valence-corrected chi connectivity index (χ3v) is 3.74. The summed E-state index contributed by atoms with van der Waals surface area (Å²) in [4.78, 5) is 11.6. The minimum Gasteiger partial charge on any atom is -0.496 e. The van der Waals surface area contributed by atoms with E-state index in [0.717, 1.165) is 28.2 Å². The third-order valence-electron chi connectivity index (χ3n) is 3.12. The van der Waals surface area contributed by atoms with E-state index in [1.54, 1.807) is 7.11 Å². The second-order valence-electron chi connectivity index (χ2n) is 4.82. The molecule has 6 heteroatoms. The Morgan fingerprint density at radius 3 is 2.80 bits per heavy atom. The van der Waals surface area contributed by atoms with E-state index in [1.807, 2.05) is 18.2 Å². The number of hydrogen-bond acceptors (Lipinski definition) is 3. The van der Waals surface area contributed by atoms with Crippen molar-refractivity contribution in [2.24, 2.45) is 5.92 Å². The van der Waals surface area contributed by atoms with Gasteiger partial charge in [0.2, 0.25) is 5.91 Å². The van der Waals surface area contributed by atoms with Crippen molar-refractivity contribution in [3.8, 4) is 5.75 Å². The number of nitrogens with one attached hydrogen (secondary N) is 2. The lowest BCUT2D eigenvalue weighted by Gasteiger charge is -2.08. The van der Waals surface area contributed by atoms with Gasteiger partial charge < -0.3 is 15.4 Å². The molecule has 0 spiro atoms. The maximum absolute atomic E-state index is 11.6. The van der Waals surface area contributed by atoms with Gasteiger partial charge in [-0.3, -0.25) is 4.79 Å². The maximum atomic E-state index is 11.6. The van der Waals surface area contributed by atoms with Gasteiger partial charge in [0.15, 0.2) is 0 Å². The highest BCUT2D eigenvalue weighted by molar-refractivity contribution is 9.10. The van der Waals surface area contributed by atoms with Crippen molar-refractivity contribution in [1.82, 2.24) is 10.6 Å². The van der Waals surface area contributed by atoms with E-state index in [-0.39, 0.29) is 18.3 Å². The van der Waals surface area contributed by atoms with Crippen LogP contribution in [0.2, 0.25) is 0 Å². The molecule has 1 aromatic carbocycles. The van der Waals surface area contributed by atoms with Crippen molar-refractivity contribution in [2.45, 2.75) is 19.4 Å². The Labute approximate surface area is 134 Å². The van der Waals surface area contributed by atoms with Crippen LogP contribution in [0.4, 0.5) is 0 Å². The van der Waals surface area contributed by atoms with E-state index in [4.69, 9.17) is 4.74 Å². The molecule has 20 heavy (non-hydrogen) atoms. The van der Waals surface area contributed by atoms with Crippen molar-refractivity contribution < 1.29 is 9.53 Å². The standard InChI is InChI=1S/C14H19BrN2O2.ClH/c1-19-13-5-4-11(6-12(13)15)8-17-14(18)9-16-7-10-2-3-10;/h4-6,10,16H,2-3,7-9H2,1H3,(H,17,18);1H. The van der Waals surface area contributed by atoms with Crippen LogP contribution < -0.4 is 15.4 Å². The van der Waals surface area contributed by atoms with Gasteiger partial charge in [-0.2, -0.15) is 0 Å². The van der Waals surface area contributed by atoms with Crippen LogP contribution in [-0.2, 0) is 11.3 Å². The van der Waals surface area contributed by atoms with Gasteiger partial charge in [0.05, 0.1) is 18.1 Å². The summed E-state index contributed by atoms with van der Waals surface area (Å²) >= 11 is 3.43. The number of carbonyl (C=O) groups excluding carboxylic acids is 1. The number of halogens is 2. The highest BCUT2D eigenvalue weighted by Crippen LogP contribution is 2.27. The van der Waals surface area contributed by atoms with E-state index >= 15 is 0 Å². The summed E-state index contributed by atoms with van der Waals surface area (Å²) in [6, 6.07) is 5.79. The first-order valence-electron chi connectivity index (χ1n) is 6.49. The highest BCUT2D eigenvalue weighted by Gasteiger charge is 2.20. The van der Waals surface area contributed by atoms with E-state index in [2.05, 4.69) is 26.6 Å². The second kappa shape index (κ2) is 8.49. The molecule has 0 atom stereocenters. The van der Waals surface area contributed by atoms with Gasteiger partial charge in [-0.1, -0.05) is 6.07 Å². The third kappa shape index (κ3) is 5.69. The Morgan fingerprint density at radius 1 is 1.45 bits per heavy atom. The molecular formula is C14H20BrClN2O2. The van der Waals surface area contributed by atoms with Crippen molar-refractivity contribution in [2.75, 3.05) is 20.2 Å². The lowest BCUT2D eigenvalue weighted by atomic mass is 10.2. The molecule has 0 radical (unpaired) electrons. The molecule has 0 saturated heterocycles. The molecule has 1 fully saturated rings. The van der Waals surface area contributed by atoms with Crippen LogP contribution >= 0.6 is 28.3 Å². The Morgan fingerprint density at radius 2 is 2.20 bits per heavy atom. The lowest BCUT2D eigenvalue weighted by molar-refractivity contribution is -0.120. The summed E-state index contributed by atoms with van der Waals surface area (Å²) in [7, 11) is 1.63. The summed E-state index contributed by atoms with van der Waals surface area (Å²) in [5, 5.41) is 6.07. The van der Waals surface area contributed by atoms with Crippen molar-refractivity contribution in [1.29, 1.82) is 0 Å². The summed E-state index contributed by atoms with van der Waals surface area (Å²) in [6.45, 7) is 1.89. The number of methoxy groups -OCH3 is 1. The number of hydrogen-bond donors (Lipinski definition) is 2. The number of carbonyl (C=O) groups is 1. The fourth-order valence-corrected chi connectivity index (χ4v) is 2.38. The molecule has 0 heterocycles. The summed E-state index contributed by atoms with van der Waals surface area (Å²) in [5.41, 5.74) is 1.04. The van der Waals surface area contributed by atoms with Crippen LogP contribution in [0.25, 0.3) is 0 Å². The number of amides is 1. The molecule has 0 aliphatic heterocycles. The Balaban J connectivity index is 0.00000200. The molecule has 1 aromatic rings. The summed E-state index contributed by atoms with van der Waals surface area (Å²) in [6.07, 6.45) is 2.60. The largest absolute Gasteiger partial charge is 0.496 e. The van der Waals surface area contributed by atoms with Gasteiger partial charge in [0, 0.05) is 6.54 Å². The normalized spacial score (nSPS) is 13.5. The van der Waals surface area contributed by atoms with Crippen LogP contribution in [0.5, 0.6) is 5.75 Å². The first-order valence-corrected chi connectivity index (χ1v) is 7.28. The summed E-state index contributed by atoms with van der Waals surface area (Å²) in [5.74, 6) is 1.62. The zero-order chi connectivity index (χ0) is 13.7. The smallest absolute Gasteiger partial charge is 0.234 e. The molecule has 112 valence electrons. The van der Waals surface area contributed by atoms with Gasteiger partial charge >= 0.3 is 0 Å². The van der Waals surface area contributed by atoms with Crippen molar-refractivity contribution in [3.05, 3.63) is 28.2 Å². The van der Waals surface area contributed by atoms with Crippen molar-refractivity contribution >= 4 is 34.2 Å². The molecule has 2 N–H and O–H groups in total. The van der Waals surface area contributed by atoms with E-state index in [1.165, 1.54) is 12.8 Å². The van der Waals surface area contributed by atoms with Gasteiger partial charge in [-0.05, 0) is 58.9 Å². The number of benzene rings is 1. The van der Waals surface area contributed by atoms with Crippen LogP contribution in [-0.4, -0.2) is 26.1 Å². The van der Waals surface area contributed by atoms with E-state index in [9.17, 15) is 4.79 Å². The Bertz CT molecular complexity index is 453.